The van der Waals surface area contributed by atoms with Crippen molar-refractivity contribution < 1.29 is 9.90 Å². The molecule has 1 heterocycles. The van der Waals surface area contributed by atoms with Crippen LogP contribution in [0.3, 0.4) is 0 Å². The molecule has 1 aromatic rings. The molecule has 3 rings (SSSR count). The number of hydrogen-bond acceptors (Lipinski definition) is 1. The number of rotatable bonds is 0. The molecule has 2 aliphatic rings. The highest BCUT2D eigenvalue weighted by molar-refractivity contribution is 5.67. The number of carbonyl (C=O) groups is 1. The summed E-state index contributed by atoms with van der Waals surface area (Å²) in [7, 11) is 0. The third-order valence-electron chi connectivity index (χ3n) is 4.07. The minimum atomic E-state index is -0.803. The largest absolute Gasteiger partial charge is 0.465 e. The fraction of sp³-hybridized carbons (Fsp3) is 0.353. The number of hydrogen-bond donors (Lipinski definition) is 1. The number of allylic oxidation sites excluding steroid dienone is 1. The maximum absolute atomic E-state index is 11.2. The Morgan fingerprint density at radius 3 is 2.75 bits per heavy atom. The lowest BCUT2D eigenvalue weighted by molar-refractivity contribution is 0.140. The Labute approximate surface area is 118 Å². The van der Waals surface area contributed by atoms with Gasteiger partial charge in [0.25, 0.3) is 0 Å². The Hall–Kier alpha value is -2.21. The highest BCUT2D eigenvalue weighted by atomic mass is 16.4. The summed E-state index contributed by atoms with van der Waals surface area (Å²) in [5.41, 5.74) is 3.42. The molecule has 0 bridgehead atoms. The number of carboxylic acid groups (broad SMARTS) is 1. The maximum atomic E-state index is 11.2. The van der Waals surface area contributed by atoms with E-state index < -0.39 is 6.09 Å². The highest BCUT2D eigenvalue weighted by Crippen LogP contribution is 2.35. The molecule has 0 spiro atoms. The number of benzene rings is 1. The second kappa shape index (κ2) is 5.42. The molecule has 3 nitrogen and oxygen atoms in total. The van der Waals surface area contributed by atoms with Crippen molar-refractivity contribution in [1.29, 1.82) is 0 Å². The van der Waals surface area contributed by atoms with E-state index in [4.69, 9.17) is 0 Å². The summed E-state index contributed by atoms with van der Waals surface area (Å²) in [5, 5.41) is 9.21. The van der Waals surface area contributed by atoms with E-state index >= 15 is 0 Å². The Balaban J connectivity index is 1.88. The molecule has 0 saturated carbocycles. The number of likely N-dealkylation sites (tertiary alicyclic amines) is 1. The number of nitrogens with zero attached hydrogens (tertiary/aromatic N) is 1. The smallest absolute Gasteiger partial charge is 0.407 e. The first-order valence-electron chi connectivity index (χ1n) is 7.04. The molecule has 1 saturated heterocycles. The number of amides is 1. The Kier molecular flexibility index (Phi) is 3.47. The first-order chi connectivity index (χ1) is 9.75. The predicted molar refractivity (Wildman–Crippen MR) is 77.3 cm³/mol. The third kappa shape index (κ3) is 2.42. The normalized spacial score (nSPS) is 21.2. The van der Waals surface area contributed by atoms with Crippen LogP contribution in [0.1, 0.15) is 31.2 Å². The average molecular weight is 267 g/mol. The summed E-state index contributed by atoms with van der Waals surface area (Å²) in [5.74, 6) is 6.48. The lowest BCUT2D eigenvalue weighted by Crippen LogP contribution is -2.36. The summed E-state index contributed by atoms with van der Waals surface area (Å²) in [4.78, 5) is 12.8. The van der Waals surface area contributed by atoms with Crippen LogP contribution in [-0.2, 0) is 0 Å². The van der Waals surface area contributed by atoms with Crippen molar-refractivity contribution in [3.63, 3.8) is 0 Å². The first-order valence-corrected chi connectivity index (χ1v) is 7.04. The van der Waals surface area contributed by atoms with E-state index in [1.807, 2.05) is 30.3 Å². The molecular weight excluding hydrogens is 250 g/mol. The quantitative estimate of drug-likeness (QED) is 0.733. The molecule has 1 N–H and O–H groups in total. The van der Waals surface area contributed by atoms with Crippen LogP contribution in [0.4, 0.5) is 4.79 Å². The van der Waals surface area contributed by atoms with Crippen LogP contribution >= 0.6 is 0 Å². The van der Waals surface area contributed by atoms with Gasteiger partial charge in [-0.25, -0.2) is 4.79 Å². The van der Waals surface area contributed by atoms with Gasteiger partial charge in [0.1, 0.15) is 0 Å². The van der Waals surface area contributed by atoms with Gasteiger partial charge in [-0.2, -0.15) is 0 Å². The molecule has 0 aromatic heterocycles. The zero-order valence-electron chi connectivity index (χ0n) is 11.3. The monoisotopic (exact) mass is 267 g/mol. The van der Waals surface area contributed by atoms with E-state index in [9.17, 15) is 9.90 Å². The van der Waals surface area contributed by atoms with Gasteiger partial charge in [0.2, 0.25) is 0 Å². The first kappa shape index (κ1) is 12.8. The van der Waals surface area contributed by atoms with Gasteiger partial charge >= 0.3 is 6.09 Å². The summed E-state index contributed by atoms with van der Waals surface area (Å²) in [6.45, 7) is 0.617. The zero-order chi connectivity index (χ0) is 13.9. The van der Waals surface area contributed by atoms with Crippen molar-refractivity contribution >= 4 is 6.09 Å². The minimum absolute atomic E-state index is 0.0707. The van der Waals surface area contributed by atoms with Crippen LogP contribution in [0.25, 0.3) is 0 Å². The van der Waals surface area contributed by atoms with Gasteiger partial charge in [-0.15, -0.1) is 0 Å². The van der Waals surface area contributed by atoms with Gasteiger partial charge in [0.15, 0.2) is 0 Å². The Morgan fingerprint density at radius 1 is 1.20 bits per heavy atom. The van der Waals surface area contributed by atoms with Crippen LogP contribution in [-0.4, -0.2) is 28.7 Å². The van der Waals surface area contributed by atoms with Gasteiger partial charge in [-0.3, -0.25) is 0 Å². The molecule has 1 unspecified atom stereocenters. The van der Waals surface area contributed by atoms with Gasteiger partial charge < -0.3 is 10.0 Å². The summed E-state index contributed by atoms with van der Waals surface area (Å²) >= 11 is 0. The summed E-state index contributed by atoms with van der Waals surface area (Å²) in [6, 6.07) is 10.0. The molecule has 1 fully saturated rings. The lowest BCUT2D eigenvalue weighted by Gasteiger charge is -2.26. The van der Waals surface area contributed by atoms with Crippen molar-refractivity contribution in [2.45, 2.75) is 31.7 Å². The third-order valence-corrected chi connectivity index (χ3v) is 4.07. The SMILES string of the molecule is O=C(O)N1CCC2=C(C#Cc3ccccc3)CCCC21. The fourth-order valence-corrected chi connectivity index (χ4v) is 3.11. The predicted octanol–water partition coefficient (Wildman–Crippen LogP) is 3.27. The molecule has 0 radical (unpaired) electrons. The highest BCUT2D eigenvalue weighted by Gasteiger charge is 2.35. The van der Waals surface area contributed by atoms with Crippen LogP contribution in [0, 0.1) is 11.8 Å². The van der Waals surface area contributed by atoms with E-state index in [2.05, 4.69) is 11.8 Å². The van der Waals surface area contributed by atoms with Crippen molar-refractivity contribution in [1.82, 2.24) is 4.90 Å². The number of fused-ring (bicyclic) bond motifs is 1. The van der Waals surface area contributed by atoms with E-state index in [1.54, 1.807) is 4.90 Å². The van der Waals surface area contributed by atoms with E-state index in [0.717, 1.165) is 36.8 Å². The van der Waals surface area contributed by atoms with Crippen molar-refractivity contribution in [2.24, 2.45) is 0 Å². The Bertz CT molecular complexity index is 607. The van der Waals surface area contributed by atoms with Crippen LogP contribution in [0.5, 0.6) is 0 Å². The zero-order valence-corrected chi connectivity index (χ0v) is 11.3. The van der Waals surface area contributed by atoms with Gasteiger partial charge in [-0.1, -0.05) is 30.0 Å². The average Bonchev–Trinajstić information content (AvgIpc) is 2.91. The molecular formula is C17H17NO2. The van der Waals surface area contributed by atoms with Gasteiger partial charge in [0.05, 0.1) is 6.04 Å². The lowest BCUT2D eigenvalue weighted by atomic mass is 9.88. The topological polar surface area (TPSA) is 40.5 Å². The van der Waals surface area contributed by atoms with Gasteiger partial charge in [0, 0.05) is 17.7 Å². The summed E-state index contributed by atoms with van der Waals surface area (Å²) < 4.78 is 0. The standard InChI is InChI=1S/C17H17NO2/c19-17(20)18-12-11-15-14(7-4-8-16(15)18)10-9-13-5-2-1-3-6-13/h1-3,5-6,16H,4,7-8,11-12H2,(H,19,20). The fourth-order valence-electron chi connectivity index (χ4n) is 3.11. The Morgan fingerprint density at radius 2 is 2.00 bits per heavy atom. The molecule has 102 valence electrons. The van der Waals surface area contributed by atoms with Crippen molar-refractivity contribution in [3.8, 4) is 11.8 Å². The second-order valence-corrected chi connectivity index (χ2v) is 5.25. The van der Waals surface area contributed by atoms with E-state index in [1.165, 1.54) is 5.57 Å². The van der Waals surface area contributed by atoms with Crippen LogP contribution < -0.4 is 0 Å². The molecule has 20 heavy (non-hydrogen) atoms. The molecule has 1 amide bonds. The minimum Gasteiger partial charge on any atom is -0.465 e. The van der Waals surface area contributed by atoms with E-state index in [0.29, 0.717) is 6.54 Å². The van der Waals surface area contributed by atoms with Crippen molar-refractivity contribution in [2.75, 3.05) is 6.54 Å². The maximum Gasteiger partial charge on any atom is 0.407 e. The molecule has 1 aliphatic carbocycles. The van der Waals surface area contributed by atoms with Crippen LogP contribution in [0.2, 0.25) is 0 Å². The van der Waals surface area contributed by atoms with Gasteiger partial charge in [-0.05, 0) is 43.4 Å². The summed E-state index contributed by atoms with van der Waals surface area (Å²) in [6.07, 6.45) is 2.99. The van der Waals surface area contributed by atoms with E-state index in [-0.39, 0.29) is 6.04 Å². The molecule has 1 aromatic carbocycles. The second-order valence-electron chi connectivity index (χ2n) is 5.25. The van der Waals surface area contributed by atoms with Crippen LogP contribution in [0.15, 0.2) is 41.5 Å². The van der Waals surface area contributed by atoms with Crippen molar-refractivity contribution in [3.05, 3.63) is 47.0 Å². The molecule has 1 aliphatic heterocycles. The molecule has 1 atom stereocenters. The molecule has 3 heteroatoms.